The number of ether oxygens (including phenoxy) is 1. The first-order chi connectivity index (χ1) is 16.3. The molecular formula is C27H23NO5S. The fourth-order valence-electron chi connectivity index (χ4n) is 4.12. The van der Waals surface area contributed by atoms with Crippen molar-refractivity contribution in [3.8, 4) is 11.5 Å². The van der Waals surface area contributed by atoms with Gasteiger partial charge in [0.1, 0.15) is 16.4 Å². The van der Waals surface area contributed by atoms with Crippen LogP contribution in [0.5, 0.6) is 11.5 Å². The molecule has 0 unspecified atom stereocenters. The zero-order valence-electron chi connectivity index (χ0n) is 19.0. The molecule has 172 valence electrons. The van der Waals surface area contributed by atoms with Gasteiger partial charge in [0.05, 0.1) is 5.56 Å². The molecule has 0 radical (unpaired) electrons. The van der Waals surface area contributed by atoms with Gasteiger partial charge in [-0.25, -0.2) is 0 Å². The normalized spacial score (nSPS) is 14.4. The molecule has 0 saturated carbocycles. The summed E-state index contributed by atoms with van der Waals surface area (Å²) >= 11 is 0. The van der Waals surface area contributed by atoms with Gasteiger partial charge in [0, 0.05) is 34.8 Å². The van der Waals surface area contributed by atoms with E-state index in [4.69, 9.17) is 8.92 Å². The molecule has 0 aliphatic carbocycles. The van der Waals surface area contributed by atoms with Crippen molar-refractivity contribution in [3.63, 3.8) is 0 Å². The number of para-hydroxylation sites is 1. The second-order valence-electron chi connectivity index (χ2n) is 8.24. The molecule has 6 nitrogen and oxygen atoms in total. The molecule has 1 aromatic heterocycles. The van der Waals surface area contributed by atoms with Gasteiger partial charge in [-0.15, -0.1) is 0 Å². The Morgan fingerprint density at radius 1 is 1.00 bits per heavy atom. The maximum Gasteiger partial charge on any atom is 0.339 e. The number of benzene rings is 3. The van der Waals surface area contributed by atoms with Crippen molar-refractivity contribution in [2.75, 3.05) is 0 Å². The van der Waals surface area contributed by atoms with Crippen molar-refractivity contribution in [3.05, 3.63) is 94.9 Å². The molecule has 7 heteroatoms. The van der Waals surface area contributed by atoms with Crippen LogP contribution in [-0.2, 0) is 16.7 Å². The monoisotopic (exact) mass is 473 g/mol. The molecular weight excluding hydrogens is 450 g/mol. The Hall–Kier alpha value is -3.84. The second-order valence-corrected chi connectivity index (χ2v) is 9.79. The van der Waals surface area contributed by atoms with Gasteiger partial charge < -0.3 is 13.5 Å². The SMILES string of the molecule is CCn1cc(/C=C2/Oc3c(ccc(OS(=O)(=O)c4ccc(C)cc4)c3C)C2=O)c2ccccc21. The van der Waals surface area contributed by atoms with E-state index in [1.54, 1.807) is 31.2 Å². The minimum absolute atomic E-state index is 0.0582. The van der Waals surface area contributed by atoms with Crippen LogP contribution in [0.3, 0.4) is 0 Å². The lowest BCUT2D eigenvalue weighted by Gasteiger charge is -2.11. The molecule has 0 atom stereocenters. The van der Waals surface area contributed by atoms with E-state index in [-0.39, 0.29) is 22.2 Å². The number of aromatic nitrogens is 1. The van der Waals surface area contributed by atoms with Crippen LogP contribution in [0.25, 0.3) is 17.0 Å². The van der Waals surface area contributed by atoms with E-state index >= 15 is 0 Å². The molecule has 0 bridgehead atoms. The minimum atomic E-state index is -4.03. The average Bonchev–Trinajstić information content (AvgIpc) is 3.34. The molecule has 0 amide bonds. The second kappa shape index (κ2) is 8.18. The lowest BCUT2D eigenvalue weighted by molar-refractivity contribution is 0.101. The third kappa shape index (κ3) is 3.68. The van der Waals surface area contributed by atoms with Crippen LogP contribution in [0, 0.1) is 13.8 Å². The highest BCUT2D eigenvalue weighted by Crippen LogP contribution is 2.40. The predicted molar refractivity (Wildman–Crippen MR) is 131 cm³/mol. The zero-order chi connectivity index (χ0) is 24.0. The fraction of sp³-hybridized carbons (Fsp3) is 0.148. The maximum atomic E-state index is 13.1. The lowest BCUT2D eigenvalue weighted by Crippen LogP contribution is -2.10. The number of aryl methyl sites for hydroxylation is 2. The van der Waals surface area contributed by atoms with E-state index in [2.05, 4.69) is 11.5 Å². The van der Waals surface area contributed by atoms with Crippen LogP contribution in [-0.4, -0.2) is 18.8 Å². The van der Waals surface area contributed by atoms with Crippen molar-refractivity contribution in [2.24, 2.45) is 0 Å². The summed E-state index contributed by atoms with van der Waals surface area (Å²) in [5.41, 5.74) is 3.72. The first-order valence-electron chi connectivity index (χ1n) is 11.0. The Labute approximate surface area is 198 Å². The van der Waals surface area contributed by atoms with Crippen LogP contribution in [0.4, 0.5) is 0 Å². The minimum Gasteiger partial charge on any atom is -0.452 e. The molecule has 3 aromatic carbocycles. The Kier molecular flexibility index (Phi) is 5.29. The molecule has 1 aliphatic heterocycles. The van der Waals surface area contributed by atoms with Crippen LogP contribution in [0.2, 0.25) is 0 Å². The summed E-state index contributed by atoms with van der Waals surface area (Å²) in [5.74, 6) is 0.373. The molecule has 34 heavy (non-hydrogen) atoms. The number of nitrogens with zero attached hydrogens (tertiary/aromatic N) is 1. The van der Waals surface area contributed by atoms with Gasteiger partial charge in [-0.1, -0.05) is 35.9 Å². The fourth-order valence-corrected chi connectivity index (χ4v) is 5.11. The zero-order valence-corrected chi connectivity index (χ0v) is 19.8. The highest BCUT2D eigenvalue weighted by molar-refractivity contribution is 7.87. The summed E-state index contributed by atoms with van der Waals surface area (Å²) in [6.45, 7) is 6.42. The maximum absolute atomic E-state index is 13.1. The summed E-state index contributed by atoms with van der Waals surface area (Å²) in [6.07, 6.45) is 3.73. The van der Waals surface area contributed by atoms with Crippen molar-refractivity contribution in [1.29, 1.82) is 0 Å². The predicted octanol–water partition coefficient (Wildman–Crippen LogP) is 5.66. The third-order valence-electron chi connectivity index (χ3n) is 5.99. The van der Waals surface area contributed by atoms with Crippen LogP contribution >= 0.6 is 0 Å². The number of Topliss-reactive ketones (excluding diaryl/α,β-unsaturated/α-hetero) is 1. The summed E-state index contributed by atoms with van der Waals surface area (Å²) in [5, 5.41) is 1.02. The van der Waals surface area contributed by atoms with E-state index in [1.807, 2.05) is 37.4 Å². The Morgan fingerprint density at radius 2 is 1.74 bits per heavy atom. The first kappa shape index (κ1) is 22.0. The van der Waals surface area contributed by atoms with Gasteiger partial charge in [-0.3, -0.25) is 4.79 Å². The number of carbonyl (C=O) groups excluding carboxylic acids is 1. The van der Waals surface area contributed by atoms with E-state index in [9.17, 15) is 13.2 Å². The van der Waals surface area contributed by atoms with Crippen LogP contribution in [0.15, 0.2) is 77.5 Å². The number of hydrogen-bond acceptors (Lipinski definition) is 5. The summed E-state index contributed by atoms with van der Waals surface area (Å²) < 4.78 is 39.0. The molecule has 2 heterocycles. The molecule has 0 N–H and O–H groups in total. The number of fused-ring (bicyclic) bond motifs is 2. The van der Waals surface area contributed by atoms with E-state index < -0.39 is 10.1 Å². The highest BCUT2D eigenvalue weighted by Gasteiger charge is 2.31. The quantitative estimate of drug-likeness (QED) is 0.276. The van der Waals surface area contributed by atoms with Crippen molar-refractivity contribution in [2.45, 2.75) is 32.2 Å². The molecule has 4 aromatic rings. The number of carbonyl (C=O) groups is 1. The van der Waals surface area contributed by atoms with Gasteiger partial charge in [0.2, 0.25) is 5.78 Å². The van der Waals surface area contributed by atoms with Crippen molar-refractivity contribution >= 4 is 32.9 Å². The summed E-state index contributed by atoms with van der Waals surface area (Å²) in [6, 6.07) is 17.4. The van der Waals surface area contributed by atoms with Gasteiger partial charge >= 0.3 is 10.1 Å². The smallest absolute Gasteiger partial charge is 0.339 e. The standard InChI is InChI=1S/C27H23NO5S/c1-4-28-16-19(21-7-5-6-8-23(21)28)15-25-26(29)22-13-14-24(18(3)27(22)32-25)33-34(30,31)20-11-9-17(2)10-12-20/h5-16H,4H2,1-3H3/b25-15+. The highest BCUT2D eigenvalue weighted by atomic mass is 32.2. The van der Waals surface area contributed by atoms with E-state index in [0.29, 0.717) is 16.9 Å². The van der Waals surface area contributed by atoms with Gasteiger partial charge in [0.25, 0.3) is 0 Å². The van der Waals surface area contributed by atoms with Gasteiger partial charge in [-0.2, -0.15) is 8.42 Å². The Bertz CT molecular complexity index is 1580. The number of allylic oxidation sites excluding steroid dienone is 1. The molecule has 5 rings (SSSR count). The Balaban J connectivity index is 1.49. The molecule has 1 aliphatic rings. The van der Waals surface area contributed by atoms with E-state index in [0.717, 1.165) is 28.6 Å². The largest absolute Gasteiger partial charge is 0.452 e. The first-order valence-corrected chi connectivity index (χ1v) is 12.4. The number of hydrogen-bond donors (Lipinski definition) is 0. The van der Waals surface area contributed by atoms with Crippen LogP contribution in [0.1, 0.15) is 34.0 Å². The van der Waals surface area contributed by atoms with Gasteiger partial charge in [-0.05, 0) is 57.2 Å². The number of rotatable bonds is 5. The Morgan fingerprint density at radius 3 is 2.47 bits per heavy atom. The summed E-state index contributed by atoms with van der Waals surface area (Å²) in [4.78, 5) is 13.1. The average molecular weight is 474 g/mol. The topological polar surface area (TPSA) is 74.6 Å². The van der Waals surface area contributed by atoms with Gasteiger partial charge in [0.15, 0.2) is 5.76 Å². The third-order valence-corrected chi connectivity index (χ3v) is 7.24. The molecule has 0 saturated heterocycles. The summed E-state index contributed by atoms with van der Waals surface area (Å²) in [7, 11) is -4.03. The molecule has 0 spiro atoms. The molecule has 0 fully saturated rings. The van der Waals surface area contributed by atoms with Crippen LogP contribution < -0.4 is 8.92 Å². The van der Waals surface area contributed by atoms with Crippen molar-refractivity contribution in [1.82, 2.24) is 4.57 Å². The van der Waals surface area contributed by atoms with E-state index in [1.165, 1.54) is 18.2 Å². The number of ketones is 1. The lowest BCUT2D eigenvalue weighted by atomic mass is 10.1. The van der Waals surface area contributed by atoms with Crippen molar-refractivity contribution < 1.29 is 22.1 Å².